The number of rotatable bonds is 0. The van der Waals surface area contributed by atoms with Crippen LogP contribution in [-0.2, 0) is 0 Å². The molecule has 0 spiro atoms. The van der Waals surface area contributed by atoms with Crippen molar-refractivity contribution >= 4 is 11.6 Å². The third kappa shape index (κ3) is 1.64. The number of nitrogens with zero attached hydrogens (tertiary/aromatic N) is 2. The van der Waals surface area contributed by atoms with Gasteiger partial charge in [0.2, 0.25) is 0 Å². The standard InChI is InChI=1S/C9H12N2/c1-4-8-5-10-11-6-9(8)7(2)3/h4-6H,1-3H3/b8-4-. The molecular weight excluding hydrogens is 136 g/mol. The van der Waals surface area contributed by atoms with Crippen LogP contribution in [0.3, 0.4) is 0 Å². The van der Waals surface area contributed by atoms with Crippen molar-refractivity contribution in [2.45, 2.75) is 20.8 Å². The molecule has 0 atom stereocenters. The predicted molar refractivity (Wildman–Crippen MR) is 46.2 cm³/mol. The molecule has 0 amide bonds. The van der Waals surface area contributed by atoms with Gasteiger partial charge >= 0.3 is 0 Å². The van der Waals surface area contributed by atoms with Crippen molar-refractivity contribution in [3.8, 4) is 0 Å². The lowest BCUT2D eigenvalue weighted by Crippen LogP contribution is -2.26. The molecule has 0 aromatic carbocycles. The maximum Gasteiger partial charge on any atom is 0.0573 e. The Labute approximate surface area is 66.3 Å². The normalized spacial score (nSPS) is 11.7. The second kappa shape index (κ2) is 3.28. The first-order valence-corrected chi connectivity index (χ1v) is 3.66. The summed E-state index contributed by atoms with van der Waals surface area (Å²) in [7, 11) is 0. The van der Waals surface area contributed by atoms with Gasteiger partial charge in [0.15, 0.2) is 0 Å². The Morgan fingerprint density at radius 3 is 2.36 bits per heavy atom. The molecule has 58 valence electrons. The van der Waals surface area contributed by atoms with E-state index in [1.165, 1.54) is 10.8 Å². The first-order chi connectivity index (χ1) is 5.25. The molecule has 1 rings (SSSR count). The van der Waals surface area contributed by atoms with Crippen LogP contribution >= 0.6 is 0 Å². The molecule has 2 nitrogen and oxygen atoms in total. The van der Waals surface area contributed by atoms with Crippen molar-refractivity contribution in [3.05, 3.63) is 22.8 Å². The fourth-order valence-electron chi connectivity index (χ4n) is 0.978. The van der Waals surface area contributed by atoms with Crippen molar-refractivity contribution in [2.24, 2.45) is 0 Å². The zero-order chi connectivity index (χ0) is 8.27. The summed E-state index contributed by atoms with van der Waals surface area (Å²) in [5.74, 6) is 0. The monoisotopic (exact) mass is 148 g/mol. The minimum absolute atomic E-state index is 1.15. The summed E-state index contributed by atoms with van der Waals surface area (Å²) >= 11 is 0. The Bertz CT molecular complexity index is 348. The summed E-state index contributed by atoms with van der Waals surface area (Å²) < 4.78 is 0. The summed E-state index contributed by atoms with van der Waals surface area (Å²) in [4.78, 5) is 0. The quantitative estimate of drug-likeness (QED) is 0.534. The largest absolute Gasteiger partial charge is 0.159 e. The van der Waals surface area contributed by atoms with Crippen LogP contribution in [0.25, 0.3) is 11.6 Å². The van der Waals surface area contributed by atoms with Gasteiger partial charge in [-0.05, 0) is 26.0 Å². The first-order valence-electron chi connectivity index (χ1n) is 3.66. The molecule has 1 heterocycles. The highest BCUT2D eigenvalue weighted by Gasteiger charge is 1.85. The van der Waals surface area contributed by atoms with Gasteiger partial charge in [-0.3, -0.25) is 0 Å². The maximum absolute atomic E-state index is 3.82. The van der Waals surface area contributed by atoms with Gasteiger partial charge in [-0.1, -0.05) is 11.6 Å². The molecule has 0 unspecified atom stereocenters. The van der Waals surface area contributed by atoms with E-state index >= 15 is 0 Å². The van der Waals surface area contributed by atoms with Crippen LogP contribution in [0.4, 0.5) is 0 Å². The summed E-state index contributed by atoms with van der Waals surface area (Å²) in [6, 6.07) is 0. The highest BCUT2D eigenvalue weighted by Crippen LogP contribution is 1.80. The smallest absolute Gasteiger partial charge is 0.0573 e. The number of hydrogen-bond donors (Lipinski definition) is 0. The summed E-state index contributed by atoms with van der Waals surface area (Å²) in [5, 5.41) is 9.96. The topological polar surface area (TPSA) is 25.8 Å². The molecule has 0 aliphatic heterocycles. The van der Waals surface area contributed by atoms with Gasteiger partial charge in [0.25, 0.3) is 0 Å². The van der Waals surface area contributed by atoms with Crippen molar-refractivity contribution in [2.75, 3.05) is 0 Å². The molecule has 0 saturated carbocycles. The fourth-order valence-corrected chi connectivity index (χ4v) is 0.978. The number of hydrogen-bond acceptors (Lipinski definition) is 2. The molecule has 0 radical (unpaired) electrons. The Morgan fingerprint density at radius 2 is 1.91 bits per heavy atom. The molecule has 0 N–H and O–H groups in total. The van der Waals surface area contributed by atoms with Crippen LogP contribution in [0.15, 0.2) is 12.4 Å². The summed E-state index contributed by atoms with van der Waals surface area (Å²) in [6.45, 7) is 6.15. The summed E-state index contributed by atoms with van der Waals surface area (Å²) in [6.07, 6.45) is 5.62. The van der Waals surface area contributed by atoms with Crippen molar-refractivity contribution in [1.29, 1.82) is 0 Å². The molecule has 1 aromatic rings. The van der Waals surface area contributed by atoms with E-state index in [2.05, 4.69) is 24.0 Å². The van der Waals surface area contributed by atoms with Gasteiger partial charge in [-0.2, -0.15) is 10.2 Å². The van der Waals surface area contributed by atoms with Crippen molar-refractivity contribution < 1.29 is 0 Å². The lowest BCUT2D eigenvalue weighted by molar-refractivity contribution is 1.00. The molecule has 0 fully saturated rings. The summed E-state index contributed by atoms with van der Waals surface area (Å²) in [5.41, 5.74) is 1.27. The molecule has 0 bridgehead atoms. The third-order valence-electron chi connectivity index (χ3n) is 1.61. The lowest BCUT2D eigenvalue weighted by Gasteiger charge is -1.90. The minimum Gasteiger partial charge on any atom is -0.159 e. The predicted octanol–water partition coefficient (Wildman–Crippen LogP) is 0.467. The highest BCUT2D eigenvalue weighted by molar-refractivity contribution is 5.39. The van der Waals surface area contributed by atoms with Gasteiger partial charge < -0.3 is 0 Å². The Morgan fingerprint density at radius 1 is 1.27 bits per heavy atom. The highest BCUT2D eigenvalue weighted by atomic mass is 15.1. The van der Waals surface area contributed by atoms with Crippen molar-refractivity contribution in [1.82, 2.24) is 10.2 Å². The average Bonchev–Trinajstić information content (AvgIpc) is 2.04. The molecule has 0 aliphatic rings. The first kappa shape index (κ1) is 7.92. The van der Waals surface area contributed by atoms with Gasteiger partial charge in [-0.25, -0.2) is 0 Å². The average molecular weight is 148 g/mol. The van der Waals surface area contributed by atoms with Crippen LogP contribution < -0.4 is 10.4 Å². The molecule has 0 aliphatic carbocycles. The second-order valence-electron chi connectivity index (χ2n) is 2.65. The maximum atomic E-state index is 3.82. The van der Waals surface area contributed by atoms with Gasteiger partial charge in [0, 0.05) is 5.22 Å². The van der Waals surface area contributed by atoms with Gasteiger partial charge in [0.05, 0.1) is 12.4 Å². The van der Waals surface area contributed by atoms with E-state index in [0.29, 0.717) is 0 Å². The molecule has 11 heavy (non-hydrogen) atoms. The van der Waals surface area contributed by atoms with E-state index in [0.717, 1.165) is 5.22 Å². The van der Waals surface area contributed by atoms with E-state index in [9.17, 15) is 0 Å². The zero-order valence-corrected chi connectivity index (χ0v) is 7.13. The van der Waals surface area contributed by atoms with Gasteiger partial charge in [0.1, 0.15) is 0 Å². The Hall–Kier alpha value is -1.18. The van der Waals surface area contributed by atoms with Gasteiger partial charge in [-0.15, -0.1) is 0 Å². The molecular formula is C9H12N2. The lowest BCUT2D eigenvalue weighted by atomic mass is 10.2. The Balaban J connectivity index is 3.64. The van der Waals surface area contributed by atoms with Crippen LogP contribution in [0.5, 0.6) is 0 Å². The number of aromatic nitrogens is 2. The van der Waals surface area contributed by atoms with Crippen LogP contribution in [0.2, 0.25) is 0 Å². The van der Waals surface area contributed by atoms with E-state index in [4.69, 9.17) is 0 Å². The third-order valence-corrected chi connectivity index (χ3v) is 1.61. The second-order valence-corrected chi connectivity index (χ2v) is 2.65. The van der Waals surface area contributed by atoms with E-state index < -0.39 is 0 Å². The molecule has 0 saturated heterocycles. The fraction of sp³-hybridized carbons (Fsp3) is 0.333. The van der Waals surface area contributed by atoms with E-state index in [1.54, 1.807) is 12.4 Å². The van der Waals surface area contributed by atoms with E-state index in [-0.39, 0.29) is 0 Å². The molecule has 2 heteroatoms. The molecule has 1 aromatic heterocycles. The minimum atomic E-state index is 1.15. The van der Waals surface area contributed by atoms with Crippen LogP contribution in [0.1, 0.15) is 20.8 Å². The van der Waals surface area contributed by atoms with Crippen LogP contribution in [-0.4, -0.2) is 10.2 Å². The SMILES string of the molecule is C/C=c1/cnncc1=C(C)C. The Kier molecular flexibility index (Phi) is 2.36. The zero-order valence-electron chi connectivity index (χ0n) is 7.13. The van der Waals surface area contributed by atoms with Crippen molar-refractivity contribution in [3.63, 3.8) is 0 Å². The van der Waals surface area contributed by atoms with E-state index in [1.807, 2.05) is 13.0 Å². The van der Waals surface area contributed by atoms with Crippen LogP contribution in [0, 0.1) is 0 Å².